The van der Waals surface area contributed by atoms with E-state index < -0.39 is 28.3 Å². The van der Waals surface area contributed by atoms with E-state index in [-0.39, 0.29) is 17.9 Å². The highest BCUT2D eigenvalue weighted by molar-refractivity contribution is 7.89. The second-order valence-electron chi connectivity index (χ2n) is 5.81. The van der Waals surface area contributed by atoms with Crippen LogP contribution in [-0.4, -0.2) is 44.7 Å². The van der Waals surface area contributed by atoms with Gasteiger partial charge in [0.05, 0.1) is 11.5 Å². The lowest BCUT2D eigenvalue weighted by Crippen LogP contribution is -2.65. The Balaban J connectivity index is 2.54. The van der Waals surface area contributed by atoms with Crippen molar-refractivity contribution < 1.29 is 26.3 Å². The Labute approximate surface area is 134 Å². The van der Waals surface area contributed by atoms with Gasteiger partial charge in [-0.15, -0.1) is 0 Å². The molecule has 0 amide bonds. The van der Waals surface area contributed by atoms with Gasteiger partial charge in [-0.1, -0.05) is 17.7 Å². The highest BCUT2D eigenvalue weighted by Gasteiger charge is 2.62. The topological polar surface area (TPSA) is 46.6 Å². The molecule has 23 heavy (non-hydrogen) atoms. The maximum atomic E-state index is 13.8. The van der Waals surface area contributed by atoms with Crippen LogP contribution in [0.2, 0.25) is 0 Å². The van der Waals surface area contributed by atoms with Crippen LogP contribution in [0.25, 0.3) is 0 Å². The van der Waals surface area contributed by atoms with Crippen LogP contribution in [0, 0.1) is 6.92 Å². The molecule has 1 fully saturated rings. The molecular formula is C15H20F3NO3S. The van der Waals surface area contributed by atoms with E-state index in [1.807, 2.05) is 0 Å². The first-order valence-electron chi connectivity index (χ1n) is 7.30. The third kappa shape index (κ3) is 3.25. The van der Waals surface area contributed by atoms with Crippen LogP contribution in [0.4, 0.5) is 13.2 Å². The number of methoxy groups -OCH3 is 1. The molecule has 0 aromatic heterocycles. The van der Waals surface area contributed by atoms with E-state index in [2.05, 4.69) is 0 Å². The Bertz CT molecular complexity index is 639. The zero-order chi connectivity index (χ0) is 17.3. The molecule has 1 heterocycles. The van der Waals surface area contributed by atoms with Crippen molar-refractivity contribution >= 4 is 10.0 Å². The Morgan fingerprint density at radius 1 is 1.22 bits per heavy atom. The Morgan fingerprint density at radius 2 is 1.83 bits per heavy atom. The van der Waals surface area contributed by atoms with Crippen molar-refractivity contribution in [1.82, 2.24) is 4.31 Å². The quantitative estimate of drug-likeness (QED) is 0.837. The first kappa shape index (κ1) is 18.2. The predicted molar refractivity (Wildman–Crippen MR) is 79.6 cm³/mol. The lowest BCUT2D eigenvalue weighted by Gasteiger charge is -2.46. The molecule has 1 aromatic carbocycles. The summed E-state index contributed by atoms with van der Waals surface area (Å²) in [6.45, 7) is 0.906. The van der Waals surface area contributed by atoms with Gasteiger partial charge in [0.1, 0.15) is 0 Å². The lowest BCUT2D eigenvalue weighted by molar-refractivity contribution is -0.238. The second-order valence-corrected chi connectivity index (χ2v) is 7.67. The molecule has 1 aliphatic heterocycles. The van der Waals surface area contributed by atoms with Crippen LogP contribution >= 0.6 is 0 Å². The summed E-state index contributed by atoms with van der Waals surface area (Å²) in [5.41, 5.74) is -1.68. The molecule has 8 heteroatoms. The van der Waals surface area contributed by atoms with Gasteiger partial charge >= 0.3 is 6.18 Å². The van der Waals surface area contributed by atoms with Crippen LogP contribution in [0.5, 0.6) is 0 Å². The molecule has 4 nitrogen and oxygen atoms in total. The Kier molecular flexibility index (Phi) is 5.08. The van der Waals surface area contributed by atoms with Crippen LogP contribution in [0.1, 0.15) is 24.8 Å². The first-order chi connectivity index (χ1) is 10.6. The van der Waals surface area contributed by atoms with Crippen molar-refractivity contribution in [2.24, 2.45) is 0 Å². The van der Waals surface area contributed by atoms with Gasteiger partial charge in [-0.25, -0.2) is 8.42 Å². The number of sulfonamides is 1. The summed E-state index contributed by atoms with van der Waals surface area (Å²) < 4.78 is 72.2. The van der Waals surface area contributed by atoms with Gasteiger partial charge in [0.2, 0.25) is 10.0 Å². The number of benzene rings is 1. The van der Waals surface area contributed by atoms with Crippen molar-refractivity contribution in [3.63, 3.8) is 0 Å². The van der Waals surface area contributed by atoms with E-state index in [0.29, 0.717) is 17.1 Å². The lowest BCUT2D eigenvalue weighted by atomic mass is 9.89. The molecule has 0 radical (unpaired) electrons. The molecule has 1 atom stereocenters. The van der Waals surface area contributed by atoms with E-state index >= 15 is 0 Å². The van der Waals surface area contributed by atoms with Crippen molar-refractivity contribution in [3.8, 4) is 0 Å². The third-order valence-electron chi connectivity index (χ3n) is 4.20. The van der Waals surface area contributed by atoms with Gasteiger partial charge in [0, 0.05) is 13.7 Å². The van der Waals surface area contributed by atoms with Crippen LogP contribution in [0.15, 0.2) is 29.2 Å². The summed E-state index contributed by atoms with van der Waals surface area (Å²) in [5.74, 6) is 0. The number of ether oxygens (including phenoxy) is 1. The van der Waals surface area contributed by atoms with Crippen molar-refractivity contribution in [1.29, 1.82) is 0 Å². The fourth-order valence-corrected chi connectivity index (χ4v) is 4.76. The fraction of sp³-hybridized carbons (Fsp3) is 0.600. The van der Waals surface area contributed by atoms with Gasteiger partial charge in [-0.05, 0) is 38.3 Å². The van der Waals surface area contributed by atoms with Crippen LogP contribution in [-0.2, 0) is 14.8 Å². The summed E-state index contributed by atoms with van der Waals surface area (Å²) in [4.78, 5) is -0.130. The van der Waals surface area contributed by atoms with E-state index in [9.17, 15) is 21.6 Å². The number of alkyl halides is 3. The van der Waals surface area contributed by atoms with E-state index in [1.54, 1.807) is 19.1 Å². The maximum absolute atomic E-state index is 13.8. The summed E-state index contributed by atoms with van der Waals surface area (Å²) in [7, 11) is -3.11. The third-order valence-corrected chi connectivity index (χ3v) is 6.18. The highest BCUT2D eigenvalue weighted by Crippen LogP contribution is 2.44. The predicted octanol–water partition coefficient (Wildman–Crippen LogP) is 3.12. The highest BCUT2D eigenvalue weighted by atomic mass is 32.2. The zero-order valence-electron chi connectivity index (χ0n) is 13.1. The van der Waals surface area contributed by atoms with Crippen LogP contribution in [0.3, 0.4) is 0 Å². The number of piperidine rings is 1. The Hall–Kier alpha value is -1.12. The molecule has 1 aliphatic rings. The largest absolute Gasteiger partial charge is 0.410 e. The van der Waals surface area contributed by atoms with Crippen LogP contribution < -0.4 is 0 Å². The van der Waals surface area contributed by atoms with Crippen molar-refractivity contribution in [3.05, 3.63) is 29.8 Å². The monoisotopic (exact) mass is 351 g/mol. The first-order valence-corrected chi connectivity index (χ1v) is 8.74. The normalized spacial score (nSPS) is 23.9. The van der Waals surface area contributed by atoms with Gasteiger partial charge in [0.15, 0.2) is 5.54 Å². The maximum Gasteiger partial charge on any atom is 0.410 e. The molecule has 1 aromatic rings. The molecule has 1 saturated heterocycles. The molecule has 130 valence electrons. The fourth-order valence-electron chi connectivity index (χ4n) is 2.95. The van der Waals surface area contributed by atoms with E-state index in [1.165, 1.54) is 12.1 Å². The molecule has 0 bridgehead atoms. The number of nitrogens with zero attached hydrogens (tertiary/aromatic N) is 1. The summed E-state index contributed by atoms with van der Waals surface area (Å²) in [6.07, 6.45) is -4.30. The number of rotatable bonds is 4. The van der Waals surface area contributed by atoms with Crippen molar-refractivity contribution in [2.75, 3.05) is 20.3 Å². The number of halogens is 3. The molecule has 0 spiro atoms. The molecule has 0 aliphatic carbocycles. The number of aryl methyl sites for hydroxylation is 1. The summed E-state index contributed by atoms with van der Waals surface area (Å²) in [6, 6.07) is 5.82. The summed E-state index contributed by atoms with van der Waals surface area (Å²) >= 11 is 0. The molecular weight excluding hydrogens is 331 g/mol. The van der Waals surface area contributed by atoms with Gasteiger partial charge in [0.25, 0.3) is 0 Å². The molecule has 0 saturated carbocycles. The number of hydrogen-bond acceptors (Lipinski definition) is 3. The smallest absolute Gasteiger partial charge is 0.382 e. The molecule has 2 rings (SSSR count). The molecule has 0 N–H and O–H groups in total. The average Bonchev–Trinajstić information content (AvgIpc) is 2.47. The van der Waals surface area contributed by atoms with E-state index in [0.717, 1.165) is 12.7 Å². The Morgan fingerprint density at radius 3 is 2.35 bits per heavy atom. The summed E-state index contributed by atoms with van der Waals surface area (Å²) in [5, 5.41) is 0. The van der Waals surface area contributed by atoms with Crippen molar-refractivity contribution in [2.45, 2.75) is 42.8 Å². The van der Waals surface area contributed by atoms with Gasteiger partial charge in [-0.3, -0.25) is 0 Å². The SMILES string of the molecule is COCC1(C(F)(F)F)CCCCN1S(=O)(=O)c1ccc(C)cc1. The standard InChI is InChI=1S/C15H20F3NO3S/c1-12-5-7-13(8-6-12)23(20,21)19-10-4-3-9-14(19,11-22-2)15(16,17)18/h5-8H,3-4,9-11H2,1-2H3. The zero-order valence-corrected chi connectivity index (χ0v) is 13.9. The number of hydrogen-bond donors (Lipinski definition) is 0. The minimum absolute atomic E-state index is 0.130. The second kappa shape index (κ2) is 6.41. The van der Waals surface area contributed by atoms with E-state index in [4.69, 9.17) is 4.74 Å². The minimum atomic E-state index is -4.71. The van der Waals surface area contributed by atoms with Gasteiger partial charge < -0.3 is 4.74 Å². The molecule has 1 unspecified atom stereocenters. The average molecular weight is 351 g/mol. The minimum Gasteiger partial charge on any atom is -0.382 e. The van der Waals surface area contributed by atoms with Gasteiger partial charge in [-0.2, -0.15) is 17.5 Å².